The van der Waals surface area contributed by atoms with Crippen LogP contribution in [0.1, 0.15) is 19.5 Å². The van der Waals surface area contributed by atoms with Crippen LogP contribution >= 0.6 is 0 Å². The Morgan fingerprint density at radius 1 is 1.64 bits per heavy atom. The summed E-state index contributed by atoms with van der Waals surface area (Å²) in [7, 11) is 0. The van der Waals surface area contributed by atoms with Gasteiger partial charge in [0.1, 0.15) is 23.7 Å². The van der Waals surface area contributed by atoms with E-state index >= 15 is 0 Å². The Kier molecular flexibility index (Phi) is 2.15. The maximum absolute atomic E-state index is 11.6. The van der Waals surface area contributed by atoms with E-state index in [1.54, 1.807) is 0 Å². The average Bonchev–Trinajstić information content (AvgIpc) is 2.51. The summed E-state index contributed by atoms with van der Waals surface area (Å²) in [6.45, 7) is 4.42. The van der Waals surface area contributed by atoms with Gasteiger partial charge >= 0.3 is 0 Å². The highest BCUT2D eigenvalue weighted by Gasteiger charge is 2.27. The Morgan fingerprint density at radius 2 is 2.43 bits per heavy atom. The molecule has 76 valence electrons. The first-order chi connectivity index (χ1) is 6.68. The third kappa shape index (κ3) is 1.45. The number of carbonyl (C=O) groups excluding carboxylic acids is 1. The van der Waals surface area contributed by atoms with Crippen molar-refractivity contribution in [3.8, 4) is 0 Å². The lowest BCUT2D eigenvalue weighted by molar-refractivity contribution is -0.122. The molecule has 1 unspecified atom stereocenters. The molecule has 5 heteroatoms. The van der Waals surface area contributed by atoms with Crippen molar-refractivity contribution >= 4 is 11.6 Å². The van der Waals surface area contributed by atoms with Gasteiger partial charge in [0, 0.05) is 0 Å². The fourth-order valence-corrected chi connectivity index (χ4v) is 1.49. The van der Waals surface area contributed by atoms with Crippen LogP contribution < -0.4 is 10.6 Å². The van der Waals surface area contributed by atoms with Crippen LogP contribution in [0, 0.1) is 5.92 Å². The molecule has 2 N–H and O–H groups in total. The molecule has 0 aromatic carbocycles. The molecule has 0 saturated heterocycles. The number of carbonyl (C=O) groups is 1. The summed E-state index contributed by atoms with van der Waals surface area (Å²) in [6.07, 6.45) is 1.53. The highest BCUT2D eigenvalue weighted by Crippen LogP contribution is 2.20. The van der Waals surface area contributed by atoms with Crippen molar-refractivity contribution in [3.63, 3.8) is 0 Å². The minimum atomic E-state index is -0.212. The van der Waals surface area contributed by atoms with Crippen molar-refractivity contribution in [2.45, 2.75) is 26.4 Å². The van der Waals surface area contributed by atoms with Crippen LogP contribution in [-0.2, 0) is 11.3 Å². The van der Waals surface area contributed by atoms with Gasteiger partial charge in [-0.15, -0.1) is 0 Å². The minimum absolute atomic E-state index is 0.0120. The van der Waals surface area contributed by atoms with Crippen molar-refractivity contribution in [1.82, 2.24) is 10.5 Å². The van der Waals surface area contributed by atoms with Gasteiger partial charge in [-0.3, -0.25) is 4.79 Å². The van der Waals surface area contributed by atoms with Crippen molar-refractivity contribution in [2.75, 3.05) is 5.32 Å². The maximum Gasteiger partial charge on any atom is 0.243 e. The third-order valence-electron chi connectivity index (χ3n) is 2.33. The van der Waals surface area contributed by atoms with Crippen LogP contribution in [-0.4, -0.2) is 17.1 Å². The molecule has 14 heavy (non-hydrogen) atoms. The second kappa shape index (κ2) is 3.32. The largest absolute Gasteiger partial charge is 0.369 e. The van der Waals surface area contributed by atoms with E-state index in [2.05, 4.69) is 15.8 Å². The Bertz CT molecular complexity index is 346. The predicted molar refractivity (Wildman–Crippen MR) is 50.6 cm³/mol. The zero-order valence-corrected chi connectivity index (χ0v) is 8.20. The summed E-state index contributed by atoms with van der Waals surface area (Å²) in [5.74, 6) is 0.244. The molecule has 2 rings (SSSR count). The van der Waals surface area contributed by atoms with E-state index in [0.29, 0.717) is 6.54 Å². The molecule has 1 aliphatic heterocycles. The molecular weight excluding hydrogens is 182 g/mol. The van der Waals surface area contributed by atoms with Gasteiger partial charge in [-0.05, 0) is 5.92 Å². The SMILES string of the molecule is CC(C)C1Nc2conc2CNC1=O. The number of nitrogens with one attached hydrogen (secondary N) is 2. The molecule has 0 aliphatic carbocycles. The summed E-state index contributed by atoms with van der Waals surface area (Å²) in [4.78, 5) is 11.6. The molecular formula is C9H13N3O2. The lowest BCUT2D eigenvalue weighted by Crippen LogP contribution is -2.40. The van der Waals surface area contributed by atoms with Gasteiger partial charge in [-0.2, -0.15) is 0 Å². The lowest BCUT2D eigenvalue weighted by Gasteiger charge is -2.18. The van der Waals surface area contributed by atoms with Gasteiger partial charge in [0.15, 0.2) is 0 Å². The molecule has 1 aromatic rings. The molecule has 1 atom stereocenters. The number of aromatic nitrogens is 1. The molecule has 0 spiro atoms. The van der Waals surface area contributed by atoms with Crippen molar-refractivity contribution in [1.29, 1.82) is 0 Å². The number of anilines is 1. The topological polar surface area (TPSA) is 67.2 Å². The standard InChI is InChI=1S/C9H13N3O2/c1-5(2)8-9(13)10-3-6-7(11-8)4-14-12-6/h4-5,8,11H,3H2,1-2H3,(H,10,13). The van der Waals surface area contributed by atoms with Gasteiger partial charge in [-0.25, -0.2) is 0 Å². The monoisotopic (exact) mass is 195 g/mol. The highest BCUT2D eigenvalue weighted by atomic mass is 16.5. The normalized spacial score (nSPS) is 21.1. The number of hydrogen-bond donors (Lipinski definition) is 2. The van der Waals surface area contributed by atoms with E-state index < -0.39 is 0 Å². The van der Waals surface area contributed by atoms with Crippen LogP contribution in [0.2, 0.25) is 0 Å². The number of rotatable bonds is 1. The fraction of sp³-hybridized carbons (Fsp3) is 0.556. The van der Waals surface area contributed by atoms with Crippen molar-refractivity contribution < 1.29 is 9.32 Å². The van der Waals surface area contributed by atoms with Gasteiger partial charge in [0.25, 0.3) is 0 Å². The van der Waals surface area contributed by atoms with Crippen LogP contribution in [0.4, 0.5) is 5.69 Å². The van der Waals surface area contributed by atoms with E-state index in [1.165, 1.54) is 6.26 Å². The van der Waals surface area contributed by atoms with E-state index in [4.69, 9.17) is 4.52 Å². The Morgan fingerprint density at radius 3 is 3.14 bits per heavy atom. The van der Waals surface area contributed by atoms with E-state index in [-0.39, 0.29) is 17.9 Å². The van der Waals surface area contributed by atoms with Gasteiger partial charge < -0.3 is 15.2 Å². The van der Waals surface area contributed by atoms with Crippen LogP contribution in [0.5, 0.6) is 0 Å². The first kappa shape index (κ1) is 9.05. The smallest absolute Gasteiger partial charge is 0.243 e. The molecule has 0 bridgehead atoms. The zero-order valence-electron chi connectivity index (χ0n) is 8.20. The molecule has 1 aliphatic rings. The third-order valence-corrected chi connectivity index (χ3v) is 2.33. The number of fused-ring (bicyclic) bond motifs is 1. The summed E-state index contributed by atoms with van der Waals surface area (Å²) in [5, 5.41) is 9.71. The van der Waals surface area contributed by atoms with Gasteiger partial charge in [-0.1, -0.05) is 19.0 Å². The van der Waals surface area contributed by atoms with Gasteiger partial charge in [0.2, 0.25) is 5.91 Å². The van der Waals surface area contributed by atoms with Crippen LogP contribution in [0.15, 0.2) is 10.8 Å². The molecule has 5 nitrogen and oxygen atoms in total. The van der Waals surface area contributed by atoms with E-state index in [1.807, 2.05) is 13.8 Å². The minimum Gasteiger partial charge on any atom is -0.369 e. The maximum atomic E-state index is 11.6. The van der Waals surface area contributed by atoms with Crippen LogP contribution in [0.3, 0.4) is 0 Å². The fourth-order valence-electron chi connectivity index (χ4n) is 1.49. The second-order valence-corrected chi connectivity index (χ2v) is 3.76. The number of nitrogens with zero attached hydrogens (tertiary/aromatic N) is 1. The first-order valence-electron chi connectivity index (χ1n) is 4.66. The first-order valence-corrected chi connectivity index (χ1v) is 4.66. The van der Waals surface area contributed by atoms with Crippen molar-refractivity contribution in [2.24, 2.45) is 5.92 Å². The summed E-state index contributed by atoms with van der Waals surface area (Å²) in [6, 6.07) is -0.212. The number of hydrogen-bond acceptors (Lipinski definition) is 4. The van der Waals surface area contributed by atoms with E-state index in [9.17, 15) is 4.79 Å². The quantitative estimate of drug-likeness (QED) is 0.693. The Hall–Kier alpha value is -1.52. The molecule has 0 saturated carbocycles. The zero-order chi connectivity index (χ0) is 10.1. The summed E-state index contributed by atoms with van der Waals surface area (Å²) >= 11 is 0. The molecule has 0 radical (unpaired) electrons. The van der Waals surface area contributed by atoms with Gasteiger partial charge in [0.05, 0.1) is 6.54 Å². The van der Waals surface area contributed by atoms with Crippen LogP contribution in [0.25, 0.3) is 0 Å². The Balaban J connectivity index is 2.26. The number of amides is 1. The van der Waals surface area contributed by atoms with Crippen molar-refractivity contribution in [3.05, 3.63) is 12.0 Å². The Labute approximate surface area is 81.8 Å². The average molecular weight is 195 g/mol. The summed E-state index contributed by atoms with van der Waals surface area (Å²) < 4.78 is 4.82. The highest BCUT2D eigenvalue weighted by molar-refractivity contribution is 5.86. The predicted octanol–water partition coefficient (Wildman–Crippen LogP) is 0.741. The second-order valence-electron chi connectivity index (χ2n) is 3.76. The molecule has 1 amide bonds. The molecule has 0 fully saturated rings. The van der Waals surface area contributed by atoms with E-state index in [0.717, 1.165) is 11.4 Å². The summed E-state index contributed by atoms with van der Waals surface area (Å²) in [5.41, 5.74) is 1.56. The molecule has 2 heterocycles. The molecule has 1 aromatic heterocycles. The lowest BCUT2D eigenvalue weighted by atomic mass is 10.0.